The van der Waals surface area contributed by atoms with Crippen LogP contribution in [0.1, 0.15) is 26.7 Å². The SMILES string of the molecule is CC/C=C/C(C)/C=C/CC(=O)O. The van der Waals surface area contributed by atoms with Gasteiger partial charge >= 0.3 is 5.97 Å². The molecule has 2 heteroatoms. The zero-order chi connectivity index (χ0) is 9.40. The van der Waals surface area contributed by atoms with Crippen LogP contribution in [0, 0.1) is 5.92 Å². The highest BCUT2D eigenvalue weighted by Crippen LogP contribution is 2.00. The van der Waals surface area contributed by atoms with Crippen molar-refractivity contribution in [1.29, 1.82) is 0 Å². The minimum Gasteiger partial charge on any atom is -0.481 e. The average Bonchev–Trinajstić information content (AvgIpc) is 2.00. The van der Waals surface area contributed by atoms with Gasteiger partial charge in [0.05, 0.1) is 6.42 Å². The third-order valence-corrected chi connectivity index (χ3v) is 1.41. The number of aliphatic carboxylic acids is 1. The summed E-state index contributed by atoms with van der Waals surface area (Å²) in [5.41, 5.74) is 0. The van der Waals surface area contributed by atoms with E-state index in [4.69, 9.17) is 5.11 Å². The second-order valence-electron chi connectivity index (χ2n) is 2.72. The van der Waals surface area contributed by atoms with Gasteiger partial charge in [-0.25, -0.2) is 0 Å². The molecule has 0 bridgehead atoms. The predicted molar refractivity (Wildman–Crippen MR) is 50.0 cm³/mol. The van der Waals surface area contributed by atoms with Gasteiger partial charge < -0.3 is 5.11 Å². The van der Waals surface area contributed by atoms with Crippen molar-refractivity contribution < 1.29 is 9.90 Å². The van der Waals surface area contributed by atoms with Gasteiger partial charge in [-0.05, 0) is 12.3 Å². The number of hydrogen-bond acceptors (Lipinski definition) is 1. The summed E-state index contributed by atoms with van der Waals surface area (Å²) in [5.74, 6) is -0.442. The molecule has 0 aromatic carbocycles. The van der Waals surface area contributed by atoms with E-state index in [9.17, 15) is 4.79 Å². The standard InChI is InChI=1S/C10H16O2/c1-3-4-6-9(2)7-5-8-10(11)12/h4-7,9H,3,8H2,1-2H3,(H,11,12)/b6-4+,7-5+. The highest BCUT2D eigenvalue weighted by Gasteiger charge is 1.91. The molecular weight excluding hydrogens is 152 g/mol. The van der Waals surface area contributed by atoms with Crippen LogP contribution in [0.4, 0.5) is 0 Å². The van der Waals surface area contributed by atoms with Gasteiger partial charge in [0.25, 0.3) is 0 Å². The molecule has 2 nitrogen and oxygen atoms in total. The van der Waals surface area contributed by atoms with Crippen molar-refractivity contribution in [2.24, 2.45) is 5.92 Å². The minimum atomic E-state index is -0.780. The Hall–Kier alpha value is -1.05. The number of carboxylic acids is 1. The van der Waals surface area contributed by atoms with Gasteiger partial charge in [0.1, 0.15) is 0 Å². The number of allylic oxidation sites excluding steroid dienone is 3. The molecule has 0 saturated carbocycles. The van der Waals surface area contributed by atoms with Crippen molar-refractivity contribution in [1.82, 2.24) is 0 Å². The molecule has 0 radical (unpaired) electrons. The largest absolute Gasteiger partial charge is 0.481 e. The quantitative estimate of drug-likeness (QED) is 0.641. The van der Waals surface area contributed by atoms with Gasteiger partial charge in [0.15, 0.2) is 0 Å². The van der Waals surface area contributed by atoms with Gasteiger partial charge in [-0.15, -0.1) is 0 Å². The zero-order valence-corrected chi connectivity index (χ0v) is 7.66. The maximum absolute atomic E-state index is 10.1. The Kier molecular flexibility index (Phi) is 6.07. The molecule has 12 heavy (non-hydrogen) atoms. The Bertz CT molecular complexity index is 180. The molecule has 0 aliphatic carbocycles. The number of hydrogen-bond donors (Lipinski definition) is 1. The van der Waals surface area contributed by atoms with E-state index in [0.717, 1.165) is 6.42 Å². The lowest BCUT2D eigenvalue weighted by atomic mass is 10.1. The topological polar surface area (TPSA) is 37.3 Å². The number of rotatable bonds is 5. The Morgan fingerprint density at radius 3 is 2.50 bits per heavy atom. The van der Waals surface area contributed by atoms with Crippen molar-refractivity contribution in [2.45, 2.75) is 26.7 Å². The summed E-state index contributed by atoms with van der Waals surface area (Å²) in [7, 11) is 0. The first kappa shape index (κ1) is 11.0. The van der Waals surface area contributed by atoms with Gasteiger partial charge in [-0.3, -0.25) is 4.79 Å². The summed E-state index contributed by atoms with van der Waals surface area (Å²) >= 11 is 0. The molecule has 0 heterocycles. The highest BCUT2D eigenvalue weighted by atomic mass is 16.4. The van der Waals surface area contributed by atoms with Crippen LogP contribution in [0.25, 0.3) is 0 Å². The smallest absolute Gasteiger partial charge is 0.307 e. The summed E-state index contributed by atoms with van der Waals surface area (Å²) in [6, 6.07) is 0. The molecule has 1 atom stereocenters. The first-order valence-corrected chi connectivity index (χ1v) is 4.22. The van der Waals surface area contributed by atoms with Crippen LogP contribution in [0.3, 0.4) is 0 Å². The Labute approximate surface area is 73.6 Å². The summed E-state index contributed by atoms with van der Waals surface area (Å²) in [6.07, 6.45) is 8.88. The fraction of sp³-hybridized carbons (Fsp3) is 0.500. The molecular formula is C10H16O2. The van der Waals surface area contributed by atoms with Crippen LogP contribution in [0.15, 0.2) is 24.3 Å². The lowest BCUT2D eigenvalue weighted by molar-refractivity contribution is -0.136. The van der Waals surface area contributed by atoms with Crippen LogP contribution < -0.4 is 0 Å². The van der Waals surface area contributed by atoms with Gasteiger partial charge in [0.2, 0.25) is 0 Å². The van der Waals surface area contributed by atoms with Crippen molar-refractivity contribution in [3.63, 3.8) is 0 Å². The zero-order valence-electron chi connectivity index (χ0n) is 7.66. The van der Waals surface area contributed by atoms with Crippen LogP contribution in [-0.4, -0.2) is 11.1 Å². The van der Waals surface area contributed by atoms with Crippen LogP contribution in [0.5, 0.6) is 0 Å². The van der Waals surface area contributed by atoms with E-state index < -0.39 is 5.97 Å². The molecule has 1 unspecified atom stereocenters. The normalized spacial score (nSPS) is 14.2. The van der Waals surface area contributed by atoms with Gasteiger partial charge in [0, 0.05) is 0 Å². The fourth-order valence-corrected chi connectivity index (χ4v) is 0.798. The Balaban J connectivity index is 3.67. The van der Waals surface area contributed by atoms with Crippen molar-refractivity contribution in [3.8, 4) is 0 Å². The Morgan fingerprint density at radius 2 is 2.00 bits per heavy atom. The minimum absolute atomic E-state index is 0.115. The third-order valence-electron chi connectivity index (χ3n) is 1.41. The molecule has 0 aromatic rings. The summed E-state index contributed by atoms with van der Waals surface area (Å²) < 4.78 is 0. The molecule has 0 fully saturated rings. The van der Waals surface area contributed by atoms with Crippen molar-refractivity contribution in [2.75, 3.05) is 0 Å². The maximum Gasteiger partial charge on any atom is 0.307 e. The molecule has 0 aliphatic rings. The van der Waals surface area contributed by atoms with E-state index in [0.29, 0.717) is 5.92 Å². The number of carbonyl (C=O) groups is 1. The molecule has 0 rings (SSSR count). The van der Waals surface area contributed by atoms with E-state index >= 15 is 0 Å². The maximum atomic E-state index is 10.1. The molecule has 0 aromatic heterocycles. The monoisotopic (exact) mass is 168 g/mol. The van der Waals surface area contributed by atoms with E-state index in [1.165, 1.54) is 0 Å². The Morgan fingerprint density at radius 1 is 1.42 bits per heavy atom. The lowest BCUT2D eigenvalue weighted by Crippen LogP contribution is -1.91. The highest BCUT2D eigenvalue weighted by molar-refractivity contribution is 5.68. The third kappa shape index (κ3) is 7.06. The van der Waals surface area contributed by atoms with Gasteiger partial charge in [-0.1, -0.05) is 38.2 Å². The van der Waals surface area contributed by atoms with Gasteiger partial charge in [-0.2, -0.15) is 0 Å². The van der Waals surface area contributed by atoms with Crippen molar-refractivity contribution in [3.05, 3.63) is 24.3 Å². The summed E-state index contributed by atoms with van der Waals surface area (Å²) in [5, 5.41) is 8.33. The fourth-order valence-electron chi connectivity index (χ4n) is 0.798. The van der Waals surface area contributed by atoms with Crippen LogP contribution >= 0.6 is 0 Å². The molecule has 0 spiro atoms. The number of carboxylic acid groups (broad SMARTS) is 1. The van der Waals surface area contributed by atoms with E-state index in [2.05, 4.69) is 19.1 Å². The van der Waals surface area contributed by atoms with E-state index in [1.54, 1.807) is 6.08 Å². The van der Waals surface area contributed by atoms with E-state index in [-0.39, 0.29) is 6.42 Å². The molecule has 0 saturated heterocycles. The van der Waals surface area contributed by atoms with Crippen molar-refractivity contribution >= 4 is 5.97 Å². The second kappa shape index (κ2) is 6.65. The molecule has 0 aliphatic heterocycles. The predicted octanol–water partition coefficient (Wildman–Crippen LogP) is 2.62. The second-order valence-corrected chi connectivity index (χ2v) is 2.72. The first-order valence-electron chi connectivity index (χ1n) is 4.22. The van der Waals surface area contributed by atoms with E-state index in [1.807, 2.05) is 13.0 Å². The van der Waals surface area contributed by atoms with Crippen LogP contribution in [0.2, 0.25) is 0 Å². The summed E-state index contributed by atoms with van der Waals surface area (Å²) in [4.78, 5) is 10.1. The summed E-state index contributed by atoms with van der Waals surface area (Å²) in [6.45, 7) is 4.11. The molecule has 0 amide bonds. The molecule has 1 N–H and O–H groups in total. The lowest BCUT2D eigenvalue weighted by Gasteiger charge is -1.95. The van der Waals surface area contributed by atoms with Crippen LogP contribution in [-0.2, 0) is 4.79 Å². The average molecular weight is 168 g/mol. The molecule has 68 valence electrons. The first-order chi connectivity index (χ1) is 5.66.